The van der Waals surface area contributed by atoms with Crippen molar-refractivity contribution >= 4 is 18.4 Å². The van der Waals surface area contributed by atoms with Gasteiger partial charge < -0.3 is 14.8 Å². The van der Waals surface area contributed by atoms with Crippen LogP contribution in [0.1, 0.15) is 17.5 Å². The highest BCUT2D eigenvalue weighted by atomic mass is 35.5. The van der Waals surface area contributed by atoms with E-state index in [1.54, 1.807) is 0 Å². The number of esters is 1. The molecule has 2 atom stereocenters. The number of rotatable bonds is 3. The Morgan fingerprint density at radius 3 is 2.68 bits per heavy atom. The van der Waals surface area contributed by atoms with Crippen molar-refractivity contribution in [1.29, 1.82) is 0 Å². The topological polar surface area (TPSA) is 47.6 Å². The SMILES string of the molecule is COC(=O)C1CC(Oc2ccc(C)c(C)c2)CN1.Cl. The summed E-state index contributed by atoms with van der Waals surface area (Å²) in [5, 5.41) is 3.10. The number of nitrogens with one attached hydrogen (secondary N) is 1. The molecular formula is C14H20ClNO3. The van der Waals surface area contributed by atoms with E-state index in [0.717, 1.165) is 5.75 Å². The van der Waals surface area contributed by atoms with E-state index in [2.05, 4.69) is 19.2 Å². The zero-order valence-corrected chi connectivity index (χ0v) is 12.3. The van der Waals surface area contributed by atoms with Crippen molar-refractivity contribution in [3.05, 3.63) is 29.3 Å². The third-order valence-corrected chi connectivity index (χ3v) is 3.36. The van der Waals surface area contributed by atoms with Gasteiger partial charge in [0.05, 0.1) is 7.11 Å². The Labute approximate surface area is 119 Å². The molecule has 0 spiro atoms. The maximum atomic E-state index is 11.4. The second-order valence-electron chi connectivity index (χ2n) is 4.71. The first-order valence-corrected chi connectivity index (χ1v) is 6.15. The molecule has 1 aromatic carbocycles. The Morgan fingerprint density at radius 2 is 2.05 bits per heavy atom. The monoisotopic (exact) mass is 285 g/mol. The van der Waals surface area contributed by atoms with Gasteiger partial charge in [-0.3, -0.25) is 4.79 Å². The van der Waals surface area contributed by atoms with Gasteiger partial charge in [0.25, 0.3) is 0 Å². The number of carbonyl (C=O) groups excluding carboxylic acids is 1. The van der Waals surface area contributed by atoms with Gasteiger partial charge in [-0.15, -0.1) is 12.4 Å². The Balaban J connectivity index is 0.00000180. The molecule has 1 aliphatic rings. The van der Waals surface area contributed by atoms with Crippen LogP contribution in [0.4, 0.5) is 0 Å². The predicted molar refractivity (Wildman–Crippen MR) is 76.0 cm³/mol. The molecule has 106 valence electrons. The minimum absolute atomic E-state index is 0. The highest BCUT2D eigenvalue weighted by Crippen LogP contribution is 2.20. The lowest BCUT2D eigenvalue weighted by Crippen LogP contribution is -2.31. The van der Waals surface area contributed by atoms with Crippen LogP contribution in [0.2, 0.25) is 0 Å². The van der Waals surface area contributed by atoms with Crippen molar-refractivity contribution in [3.63, 3.8) is 0 Å². The van der Waals surface area contributed by atoms with Gasteiger partial charge in [-0.1, -0.05) is 6.07 Å². The number of benzene rings is 1. The highest BCUT2D eigenvalue weighted by molar-refractivity contribution is 5.85. The van der Waals surface area contributed by atoms with E-state index in [4.69, 9.17) is 9.47 Å². The molecule has 1 fully saturated rings. The lowest BCUT2D eigenvalue weighted by Gasteiger charge is -2.14. The maximum absolute atomic E-state index is 11.4. The van der Waals surface area contributed by atoms with Crippen LogP contribution in [0, 0.1) is 13.8 Å². The van der Waals surface area contributed by atoms with Crippen LogP contribution in [-0.4, -0.2) is 31.8 Å². The van der Waals surface area contributed by atoms with E-state index in [0.29, 0.717) is 13.0 Å². The van der Waals surface area contributed by atoms with Crippen molar-refractivity contribution < 1.29 is 14.3 Å². The molecule has 4 nitrogen and oxygen atoms in total. The molecule has 1 aromatic rings. The van der Waals surface area contributed by atoms with Crippen LogP contribution in [0.25, 0.3) is 0 Å². The average molecular weight is 286 g/mol. The molecule has 1 N–H and O–H groups in total. The van der Waals surface area contributed by atoms with Gasteiger partial charge in [-0.2, -0.15) is 0 Å². The zero-order chi connectivity index (χ0) is 13.1. The second-order valence-corrected chi connectivity index (χ2v) is 4.71. The van der Waals surface area contributed by atoms with Gasteiger partial charge >= 0.3 is 5.97 Å². The lowest BCUT2D eigenvalue weighted by molar-refractivity contribution is -0.142. The van der Waals surface area contributed by atoms with Crippen molar-refractivity contribution in [2.45, 2.75) is 32.4 Å². The quantitative estimate of drug-likeness (QED) is 0.863. The number of methoxy groups -OCH3 is 1. The Bertz CT molecular complexity index is 450. The molecule has 5 heteroatoms. The minimum Gasteiger partial charge on any atom is -0.489 e. The smallest absolute Gasteiger partial charge is 0.323 e. The largest absolute Gasteiger partial charge is 0.489 e. The van der Waals surface area contributed by atoms with Crippen molar-refractivity contribution in [2.24, 2.45) is 0 Å². The normalized spacial score (nSPS) is 21.6. The zero-order valence-electron chi connectivity index (χ0n) is 11.4. The van der Waals surface area contributed by atoms with E-state index >= 15 is 0 Å². The molecule has 1 heterocycles. The molecule has 0 aliphatic carbocycles. The standard InChI is InChI=1S/C14H19NO3.ClH/c1-9-4-5-11(6-10(9)2)18-12-7-13(15-8-12)14(16)17-3;/h4-6,12-13,15H,7-8H2,1-3H3;1H. The van der Waals surface area contributed by atoms with Crippen LogP contribution >= 0.6 is 12.4 Å². The van der Waals surface area contributed by atoms with Gasteiger partial charge in [-0.05, 0) is 37.1 Å². The average Bonchev–Trinajstić information content (AvgIpc) is 2.81. The van der Waals surface area contributed by atoms with E-state index in [-0.39, 0.29) is 30.5 Å². The fraction of sp³-hybridized carbons (Fsp3) is 0.500. The van der Waals surface area contributed by atoms with Crippen LogP contribution in [0.15, 0.2) is 18.2 Å². The predicted octanol–water partition coefficient (Wildman–Crippen LogP) is 2.01. The summed E-state index contributed by atoms with van der Waals surface area (Å²) in [7, 11) is 1.40. The summed E-state index contributed by atoms with van der Waals surface area (Å²) in [5.74, 6) is 0.636. The molecular weight excluding hydrogens is 266 g/mol. The summed E-state index contributed by atoms with van der Waals surface area (Å²) in [4.78, 5) is 11.4. The van der Waals surface area contributed by atoms with Crippen LogP contribution < -0.4 is 10.1 Å². The molecule has 0 amide bonds. The number of hydrogen-bond donors (Lipinski definition) is 1. The minimum atomic E-state index is -0.244. The first-order valence-electron chi connectivity index (χ1n) is 6.15. The number of halogens is 1. The van der Waals surface area contributed by atoms with Crippen LogP contribution in [0.5, 0.6) is 5.75 Å². The number of ether oxygens (including phenoxy) is 2. The third-order valence-electron chi connectivity index (χ3n) is 3.36. The Morgan fingerprint density at radius 1 is 1.32 bits per heavy atom. The summed E-state index contributed by atoms with van der Waals surface area (Å²) < 4.78 is 10.6. The number of carbonyl (C=O) groups is 1. The first-order chi connectivity index (χ1) is 8.60. The summed E-state index contributed by atoms with van der Waals surface area (Å²) in [6.07, 6.45) is 0.677. The summed E-state index contributed by atoms with van der Waals surface area (Å²) in [6, 6.07) is 5.80. The lowest BCUT2D eigenvalue weighted by atomic mass is 10.1. The summed E-state index contributed by atoms with van der Waals surface area (Å²) in [5.41, 5.74) is 2.46. The van der Waals surface area contributed by atoms with Gasteiger partial charge in [0.2, 0.25) is 0 Å². The van der Waals surface area contributed by atoms with Gasteiger partial charge in [-0.25, -0.2) is 0 Å². The molecule has 0 saturated carbocycles. The van der Waals surface area contributed by atoms with Crippen LogP contribution in [0.3, 0.4) is 0 Å². The van der Waals surface area contributed by atoms with E-state index in [9.17, 15) is 4.79 Å². The second kappa shape index (κ2) is 6.78. The highest BCUT2D eigenvalue weighted by Gasteiger charge is 2.31. The number of aryl methyl sites for hydroxylation is 2. The Kier molecular flexibility index (Phi) is 5.63. The molecule has 1 saturated heterocycles. The molecule has 19 heavy (non-hydrogen) atoms. The van der Waals surface area contributed by atoms with E-state index in [1.165, 1.54) is 18.2 Å². The van der Waals surface area contributed by atoms with Gasteiger partial charge in [0, 0.05) is 13.0 Å². The summed E-state index contributed by atoms with van der Waals surface area (Å²) >= 11 is 0. The molecule has 2 rings (SSSR count). The van der Waals surface area contributed by atoms with Crippen molar-refractivity contribution in [3.8, 4) is 5.75 Å². The van der Waals surface area contributed by atoms with Gasteiger partial charge in [0.15, 0.2) is 0 Å². The van der Waals surface area contributed by atoms with Crippen LogP contribution in [-0.2, 0) is 9.53 Å². The molecule has 2 unspecified atom stereocenters. The fourth-order valence-electron chi connectivity index (χ4n) is 2.09. The van der Waals surface area contributed by atoms with E-state index < -0.39 is 0 Å². The maximum Gasteiger partial charge on any atom is 0.323 e. The summed E-state index contributed by atoms with van der Waals surface area (Å²) in [6.45, 7) is 4.81. The number of hydrogen-bond acceptors (Lipinski definition) is 4. The van der Waals surface area contributed by atoms with E-state index in [1.807, 2.05) is 18.2 Å². The first kappa shape index (κ1) is 15.8. The molecule has 0 bridgehead atoms. The molecule has 1 aliphatic heterocycles. The molecule has 0 radical (unpaired) electrons. The van der Waals surface area contributed by atoms with Gasteiger partial charge in [0.1, 0.15) is 17.9 Å². The fourth-order valence-corrected chi connectivity index (χ4v) is 2.09. The molecule has 0 aromatic heterocycles. The van der Waals surface area contributed by atoms with Crippen molar-refractivity contribution in [1.82, 2.24) is 5.32 Å². The third kappa shape index (κ3) is 3.85. The Hall–Kier alpha value is -1.26. The van der Waals surface area contributed by atoms with Crippen molar-refractivity contribution in [2.75, 3.05) is 13.7 Å².